The van der Waals surface area contributed by atoms with Crippen LogP contribution in [0.2, 0.25) is 0 Å². The molecule has 1 aromatic carbocycles. The lowest BCUT2D eigenvalue weighted by atomic mass is 10.2. The molecule has 2 aromatic rings. The normalized spacial score (nSPS) is 10.2. The average molecular weight is 348 g/mol. The molecule has 0 bridgehead atoms. The molecule has 0 atom stereocenters. The molecule has 21 heavy (non-hydrogen) atoms. The van der Waals surface area contributed by atoms with E-state index in [2.05, 4.69) is 37.6 Å². The summed E-state index contributed by atoms with van der Waals surface area (Å²) >= 11 is 3.48. The van der Waals surface area contributed by atoms with Crippen LogP contribution in [0.1, 0.15) is 25.3 Å². The van der Waals surface area contributed by atoms with Crippen molar-refractivity contribution < 1.29 is 4.79 Å². The molecule has 0 saturated carbocycles. The largest absolute Gasteiger partial charge is 0.354 e. The predicted octanol–water partition coefficient (Wildman–Crippen LogP) is 4.63. The number of hydrogen-bond acceptors (Lipinski definition) is 3. The summed E-state index contributed by atoms with van der Waals surface area (Å²) in [6, 6.07) is 9.74. The highest BCUT2D eigenvalue weighted by Gasteiger charge is 2.02. The highest BCUT2D eigenvalue weighted by molar-refractivity contribution is 9.10. The SMILES string of the molecule is CCCC(=O)Nc1ccc(Nc2ccc(Br)c(C)c2)cn1. The monoisotopic (exact) mass is 347 g/mol. The number of carbonyl (C=O) groups is 1. The molecule has 0 aliphatic carbocycles. The molecule has 0 unspecified atom stereocenters. The van der Waals surface area contributed by atoms with E-state index in [1.165, 1.54) is 0 Å². The van der Waals surface area contributed by atoms with E-state index in [-0.39, 0.29) is 5.91 Å². The molecule has 1 heterocycles. The van der Waals surface area contributed by atoms with Gasteiger partial charge < -0.3 is 10.6 Å². The minimum absolute atomic E-state index is 0.00533. The quantitative estimate of drug-likeness (QED) is 0.828. The number of aromatic nitrogens is 1. The second-order valence-corrected chi connectivity index (χ2v) is 5.67. The van der Waals surface area contributed by atoms with E-state index in [9.17, 15) is 4.79 Å². The van der Waals surface area contributed by atoms with Crippen molar-refractivity contribution in [3.05, 3.63) is 46.6 Å². The van der Waals surface area contributed by atoms with Gasteiger partial charge in [-0.1, -0.05) is 22.9 Å². The molecule has 1 amide bonds. The van der Waals surface area contributed by atoms with E-state index >= 15 is 0 Å². The Morgan fingerprint density at radius 3 is 2.62 bits per heavy atom. The molecule has 2 N–H and O–H groups in total. The van der Waals surface area contributed by atoms with E-state index < -0.39 is 0 Å². The van der Waals surface area contributed by atoms with Gasteiger partial charge in [-0.2, -0.15) is 0 Å². The van der Waals surface area contributed by atoms with E-state index in [0.717, 1.165) is 27.8 Å². The summed E-state index contributed by atoms with van der Waals surface area (Å²) in [5, 5.41) is 6.05. The van der Waals surface area contributed by atoms with Crippen molar-refractivity contribution in [2.24, 2.45) is 0 Å². The third-order valence-electron chi connectivity index (χ3n) is 2.95. The van der Waals surface area contributed by atoms with Crippen LogP contribution in [0.25, 0.3) is 0 Å². The van der Waals surface area contributed by atoms with Gasteiger partial charge in [0.15, 0.2) is 0 Å². The summed E-state index contributed by atoms with van der Waals surface area (Å²) in [4.78, 5) is 15.7. The molecule has 0 saturated heterocycles. The third kappa shape index (κ3) is 4.56. The highest BCUT2D eigenvalue weighted by atomic mass is 79.9. The number of nitrogens with one attached hydrogen (secondary N) is 2. The molecule has 0 radical (unpaired) electrons. The molecule has 0 fully saturated rings. The fraction of sp³-hybridized carbons (Fsp3) is 0.250. The first-order valence-corrected chi connectivity index (χ1v) is 7.67. The Labute approximate surface area is 133 Å². The zero-order chi connectivity index (χ0) is 15.2. The van der Waals surface area contributed by atoms with Gasteiger partial charge in [0.1, 0.15) is 5.82 Å². The van der Waals surface area contributed by atoms with Crippen LogP contribution < -0.4 is 10.6 Å². The molecule has 0 aliphatic rings. The van der Waals surface area contributed by atoms with Crippen molar-refractivity contribution in [1.82, 2.24) is 4.98 Å². The van der Waals surface area contributed by atoms with Gasteiger partial charge in [-0.3, -0.25) is 4.79 Å². The second kappa shape index (κ2) is 7.22. The maximum absolute atomic E-state index is 11.5. The first-order chi connectivity index (χ1) is 10.1. The number of benzene rings is 1. The van der Waals surface area contributed by atoms with Gasteiger partial charge in [-0.25, -0.2) is 4.98 Å². The third-order valence-corrected chi connectivity index (χ3v) is 3.84. The standard InChI is InChI=1S/C16H18BrN3O/c1-3-4-16(21)20-15-8-6-13(10-18-15)19-12-5-7-14(17)11(2)9-12/h5-10,19H,3-4H2,1-2H3,(H,18,20,21). The Hall–Kier alpha value is -1.88. The summed E-state index contributed by atoms with van der Waals surface area (Å²) in [7, 11) is 0. The Kier molecular flexibility index (Phi) is 5.33. The molecular formula is C16H18BrN3O. The van der Waals surface area contributed by atoms with E-state index in [1.54, 1.807) is 12.3 Å². The number of nitrogens with zero attached hydrogens (tertiary/aromatic N) is 1. The fourth-order valence-corrected chi connectivity index (χ4v) is 2.11. The van der Waals surface area contributed by atoms with Crippen molar-refractivity contribution in [1.29, 1.82) is 0 Å². The van der Waals surface area contributed by atoms with Gasteiger partial charge >= 0.3 is 0 Å². The fourth-order valence-electron chi connectivity index (χ4n) is 1.86. The Bertz CT molecular complexity index is 626. The zero-order valence-electron chi connectivity index (χ0n) is 12.1. The highest BCUT2D eigenvalue weighted by Crippen LogP contribution is 2.23. The lowest BCUT2D eigenvalue weighted by Crippen LogP contribution is -2.11. The van der Waals surface area contributed by atoms with E-state index in [0.29, 0.717) is 12.2 Å². The Morgan fingerprint density at radius 1 is 1.24 bits per heavy atom. The topological polar surface area (TPSA) is 54.0 Å². The Balaban J connectivity index is 2.01. The lowest BCUT2D eigenvalue weighted by molar-refractivity contribution is -0.116. The number of carbonyl (C=O) groups excluding carboxylic acids is 1. The van der Waals surface area contributed by atoms with Gasteiger partial charge in [0.25, 0.3) is 0 Å². The predicted molar refractivity (Wildman–Crippen MR) is 89.9 cm³/mol. The Morgan fingerprint density at radius 2 is 2.00 bits per heavy atom. The zero-order valence-corrected chi connectivity index (χ0v) is 13.7. The smallest absolute Gasteiger partial charge is 0.225 e. The molecule has 4 nitrogen and oxygen atoms in total. The average Bonchev–Trinajstić information content (AvgIpc) is 2.45. The molecule has 0 aliphatic heterocycles. The van der Waals surface area contributed by atoms with E-state index in [4.69, 9.17) is 0 Å². The van der Waals surface area contributed by atoms with Crippen molar-refractivity contribution >= 4 is 39.0 Å². The van der Waals surface area contributed by atoms with Crippen LogP contribution in [-0.4, -0.2) is 10.9 Å². The molecular weight excluding hydrogens is 330 g/mol. The van der Waals surface area contributed by atoms with Gasteiger partial charge in [-0.05, 0) is 49.2 Å². The summed E-state index contributed by atoms with van der Waals surface area (Å²) in [6.07, 6.45) is 3.05. The molecule has 2 rings (SSSR count). The van der Waals surface area contributed by atoms with E-state index in [1.807, 2.05) is 32.0 Å². The van der Waals surface area contributed by atoms with Crippen LogP contribution in [0.3, 0.4) is 0 Å². The number of halogens is 1. The van der Waals surface area contributed by atoms with Gasteiger partial charge in [0, 0.05) is 16.6 Å². The number of hydrogen-bond donors (Lipinski definition) is 2. The van der Waals surface area contributed by atoms with Gasteiger partial charge in [-0.15, -0.1) is 0 Å². The van der Waals surface area contributed by atoms with Crippen molar-refractivity contribution in [3.8, 4) is 0 Å². The number of pyridine rings is 1. The molecule has 110 valence electrons. The number of rotatable bonds is 5. The van der Waals surface area contributed by atoms with Crippen LogP contribution >= 0.6 is 15.9 Å². The number of amides is 1. The van der Waals surface area contributed by atoms with Crippen molar-refractivity contribution in [2.75, 3.05) is 10.6 Å². The van der Waals surface area contributed by atoms with Crippen LogP contribution in [0.5, 0.6) is 0 Å². The molecule has 0 spiro atoms. The van der Waals surface area contributed by atoms with Gasteiger partial charge in [0.2, 0.25) is 5.91 Å². The van der Waals surface area contributed by atoms with Crippen molar-refractivity contribution in [2.45, 2.75) is 26.7 Å². The minimum Gasteiger partial charge on any atom is -0.354 e. The van der Waals surface area contributed by atoms with Gasteiger partial charge in [0.05, 0.1) is 11.9 Å². The molecule has 5 heteroatoms. The summed E-state index contributed by atoms with van der Waals surface area (Å²) < 4.78 is 1.08. The lowest BCUT2D eigenvalue weighted by Gasteiger charge is -2.09. The second-order valence-electron chi connectivity index (χ2n) is 4.82. The van der Waals surface area contributed by atoms with Crippen LogP contribution in [0.15, 0.2) is 41.0 Å². The summed E-state index contributed by atoms with van der Waals surface area (Å²) in [5.74, 6) is 0.570. The molecule has 1 aromatic heterocycles. The van der Waals surface area contributed by atoms with Crippen LogP contribution in [0.4, 0.5) is 17.2 Å². The maximum atomic E-state index is 11.5. The number of anilines is 3. The van der Waals surface area contributed by atoms with Crippen LogP contribution in [0, 0.1) is 6.92 Å². The number of aryl methyl sites for hydroxylation is 1. The first-order valence-electron chi connectivity index (χ1n) is 6.87. The minimum atomic E-state index is -0.00533. The first kappa shape index (κ1) is 15.5. The van der Waals surface area contributed by atoms with Crippen molar-refractivity contribution in [3.63, 3.8) is 0 Å². The summed E-state index contributed by atoms with van der Waals surface area (Å²) in [5.41, 5.74) is 3.04. The van der Waals surface area contributed by atoms with Crippen LogP contribution in [-0.2, 0) is 4.79 Å². The summed E-state index contributed by atoms with van der Waals surface area (Å²) in [6.45, 7) is 4.01. The maximum Gasteiger partial charge on any atom is 0.225 e.